The van der Waals surface area contributed by atoms with Gasteiger partial charge in [-0.2, -0.15) is 0 Å². The normalized spacial score (nSPS) is 16.1. The minimum Gasteiger partial charge on any atom is -0.509 e. The third-order valence-electron chi connectivity index (χ3n) is 6.43. The lowest BCUT2D eigenvalue weighted by Gasteiger charge is -2.42. The highest BCUT2D eigenvalue weighted by Gasteiger charge is 2.38. The second kappa shape index (κ2) is 14.6. The molecule has 3 heteroatoms. The van der Waals surface area contributed by atoms with Crippen LogP contribution in [0.25, 0.3) is 0 Å². The van der Waals surface area contributed by atoms with Crippen molar-refractivity contribution in [3.63, 3.8) is 0 Å². The Morgan fingerprint density at radius 3 is 2.33 bits per heavy atom. The number of allylic oxidation sites excluding steroid dienone is 6. The van der Waals surface area contributed by atoms with E-state index in [-0.39, 0.29) is 17.0 Å². The molecule has 1 aromatic carbocycles. The number of nitrogens with one attached hydrogen (secondary N) is 1. The third-order valence-corrected chi connectivity index (χ3v) is 6.43. The van der Waals surface area contributed by atoms with Crippen LogP contribution in [0, 0.1) is 12.8 Å². The molecule has 0 aliphatic heterocycles. The number of aliphatic hydroxyl groups is 1. The first kappa shape index (κ1) is 28.5. The zero-order valence-corrected chi connectivity index (χ0v) is 21.4. The predicted octanol–water partition coefficient (Wildman–Crippen LogP) is 8.78. The van der Waals surface area contributed by atoms with E-state index < -0.39 is 0 Å². The molecule has 0 fully saturated rings. The zero-order chi connectivity index (χ0) is 24.9. The van der Waals surface area contributed by atoms with E-state index in [1.807, 2.05) is 19.9 Å². The van der Waals surface area contributed by atoms with Gasteiger partial charge in [-0.1, -0.05) is 88.8 Å². The Labute approximate surface area is 201 Å². The summed E-state index contributed by atoms with van der Waals surface area (Å²) in [4.78, 5) is 0. The van der Waals surface area contributed by atoms with Crippen molar-refractivity contribution in [1.82, 2.24) is 5.32 Å². The number of halogens is 1. The van der Waals surface area contributed by atoms with E-state index in [9.17, 15) is 9.50 Å². The molecule has 2 nitrogen and oxygen atoms in total. The van der Waals surface area contributed by atoms with Crippen molar-refractivity contribution in [2.75, 3.05) is 6.54 Å². The van der Waals surface area contributed by atoms with E-state index in [0.717, 1.165) is 44.3 Å². The van der Waals surface area contributed by atoms with Gasteiger partial charge in [0.25, 0.3) is 0 Å². The molecule has 2 unspecified atom stereocenters. The molecule has 1 aromatic rings. The minimum atomic E-state index is -0.119. The van der Waals surface area contributed by atoms with Gasteiger partial charge in [0.2, 0.25) is 0 Å². The summed E-state index contributed by atoms with van der Waals surface area (Å²) < 4.78 is 13.8. The summed E-state index contributed by atoms with van der Waals surface area (Å²) in [6, 6.07) is 8.87. The first-order valence-corrected chi connectivity index (χ1v) is 12.4. The lowest BCUT2D eigenvalue weighted by molar-refractivity contribution is 0.282. The number of benzene rings is 1. The number of aryl methyl sites for hydroxylation is 1. The van der Waals surface area contributed by atoms with Crippen LogP contribution in [0.1, 0.15) is 77.3 Å². The molecule has 1 aliphatic rings. The van der Waals surface area contributed by atoms with Gasteiger partial charge in [-0.05, 0) is 62.3 Å². The Bertz CT molecular complexity index is 847. The molecule has 0 spiro atoms. The Morgan fingerprint density at radius 1 is 1.12 bits per heavy atom. The molecule has 0 aromatic heterocycles. The second-order valence-electron chi connectivity index (χ2n) is 8.78. The summed E-state index contributed by atoms with van der Waals surface area (Å²) in [7, 11) is 0. The van der Waals surface area contributed by atoms with Crippen molar-refractivity contribution in [1.29, 1.82) is 0 Å². The molecule has 182 valence electrons. The van der Waals surface area contributed by atoms with Crippen LogP contribution in [-0.2, 0) is 5.41 Å². The van der Waals surface area contributed by atoms with Gasteiger partial charge in [0.1, 0.15) is 11.6 Å². The fourth-order valence-electron chi connectivity index (χ4n) is 4.55. The van der Waals surface area contributed by atoms with Gasteiger partial charge in [-0.25, -0.2) is 4.39 Å². The summed E-state index contributed by atoms with van der Waals surface area (Å²) in [5.41, 5.74) is 4.55. The molecule has 0 radical (unpaired) electrons. The van der Waals surface area contributed by atoms with E-state index in [4.69, 9.17) is 0 Å². The lowest BCUT2D eigenvalue weighted by Crippen LogP contribution is -2.35. The Hall–Kier alpha value is -2.55. The molecule has 0 heterocycles. The highest BCUT2D eigenvalue weighted by Crippen LogP contribution is 2.46. The molecule has 33 heavy (non-hydrogen) atoms. The maximum atomic E-state index is 13.8. The first-order valence-electron chi connectivity index (χ1n) is 12.4. The molecule has 2 N–H and O–H groups in total. The Kier molecular flexibility index (Phi) is 12.6. The van der Waals surface area contributed by atoms with Crippen molar-refractivity contribution in [3.05, 3.63) is 95.7 Å². The topological polar surface area (TPSA) is 32.3 Å². The van der Waals surface area contributed by atoms with Crippen molar-refractivity contribution in [3.8, 4) is 0 Å². The quantitative estimate of drug-likeness (QED) is 0.188. The summed E-state index contributed by atoms with van der Waals surface area (Å²) in [5.74, 6) is 0.457. The molecule has 2 atom stereocenters. The van der Waals surface area contributed by atoms with Crippen LogP contribution < -0.4 is 5.32 Å². The summed E-state index contributed by atoms with van der Waals surface area (Å²) in [5, 5.41) is 12.5. The van der Waals surface area contributed by atoms with E-state index in [0.29, 0.717) is 12.3 Å². The van der Waals surface area contributed by atoms with Crippen LogP contribution in [0.15, 0.2) is 84.6 Å². The van der Waals surface area contributed by atoms with E-state index in [1.54, 1.807) is 12.2 Å². The number of rotatable bonds is 12. The average Bonchev–Trinajstić information content (AvgIpc) is 2.81. The standard InChI is InChI=1S/C28H38FNO.C2H6/c1-6-8-24(9-7-20-30-22(3)12-13-23(4)31)28(5,25-14-10-21(2)11-15-25)26-16-18-27(29)19-17-26;1-2/h10-16,18,24,30-31H,3-4,6-9,17,19-20H2,1-2,5H3;1-2H3/b13-12-;. The maximum Gasteiger partial charge on any atom is 0.108 e. The highest BCUT2D eigenvalue weighted by molar-refractivity contribution is 5.41. The summed E-state index contributed by atoms with van der Waals surface area (Å²) in [6.07, 6.45) is 12.5. The van der Waals surface area contributed by atoms with E-state index in [2.05, 4.69) is 63.5 Å². The first-order chi connectivity index (χ1) is 15.8. The van der Waals surface area contributed by atoms with E-state index >= 15 is 0 Å². The van der Waals surface area contributed by atoms with Gasteiger partial charge in [-0.3, -0.25) is 0 Å². The highest BCUT2D eigenvalue weighted by atomic mass is 19.1. The van der Waals surface area contributed by atoms with Gasteiger partial charge in [0.15, 0.2) is 0 Å². The monoisotopic (exact) mass is 453 g/mol. The van der Waals surface area contributed by atoms with Gasteiger partial charge < -0.3 is 10.4 Å². The molecule has 0 bridgehead atoms. The van der Waals surface area contributed by atoms with Gasteiger partial charge in [0.05, 0.1) is 0 Å². The zero-order valence-electron chi connectivity index (χ0n) is 21.4. The Balaban J connectivity index is 0.00000265. The van der Waals surface area contributed by atoms with Crippen LogP contribution in [0.4, 0.5) is 4.39 Å². The fourth-order valence-corrected chi connectivity index (χ4v) is 4.55. The minimum absolute atomic E-state index is 0.0195. The van der Waals surface area contributed by atoms with Crippen LogP contribution >= 0.6 is 0 Å². The predicted molar refractivity (Wildman–Crippen MR) is 142 cm³/mol. The number of hydrogen-bond acceptors (Lipinski definition) is 2. The maximum absolute atomic E-state index is 13.8. The molecule has 0 saturated carbocycles. The van der Waals surface area contributed by atoms with Crippen molar-refractivity contribution < 1.29 is 9.50 Å². The molecule has 0 amide bonds. The van der Waals surface area contributed by atoms with Crippen molar-refractivity contribution in [2.24, 2.45) is 5.92 Å². The summed E-state index contributed by atoms with van der Waals surface area (Å²) in [6.45, 7) is 18.9. The van der Waals surface area contributed by atoms with Crippen molar-refractivity contribution in [2.45, 2.75) is 78.6 Å². The SMILES string of the molecule is C=C(O)/C=C\C(=C)NCCCC(CCC)C(C)(C1=CC=C(F)CC1)c1ccc(C)cc1.CC. The molecular weight excluding hydrogens is 409 g/mol. The fraction of sp³-hybridized carbons (Fsp3) is 0.467. The van der Waals surface area contributed by atoms with Gasteiger partial charge in [-0.15, -0.1) is 0 Å². The van der Waals surface area contributed by atoms with E-state index in [1.165, 1.54) is 22.8 Å². The Morgan fingerprint density at radius 2 is 1.79 bits per heavy atom. The van der Waals surface area contributed by atoms with Crippen molar-refractivity contribution >= 4 is 0 Å². The summed E-state index contributed by atoms with van der Waals surface area (Å²) >= 11 is 0. The smallest absolute Gasteiger partial charge is 0.108 e. The number of aliphatic hydroxyl groups excluding tert-OH is 1. The molecule has 0 saturated heterocycles. The van der Waals surface area contributed by atoms with Crippen LogP contribution in [0.3, 0.4) is 0 Å². The third kappa shape index (κ3) is 8.72. The second-order valence-corrected chi connectivity index (χ2v) is 8.78. The van der Waals surface area contributed by atoms with Gasteiger partial charge >= 0.3 is 0 Å². The van der Waals surface area contributed by atoms with Crippen LogP contribution in [0.5, 0.6) is 0 Å². The lowest BCUT2D eigenvalue weighted by atomic mass is 9.62. The molecular formula is C30H44FNO. The largest absolute Gasteiger partial charge is 0.509 e. The molecule has 2 rings (SSSR count). The van der Waals surface area contributed by atoms with Crippen LogP contribution in [-0.4, -0.2) is 11.7 Å². The average molecular weight is 454 g/mol. The van der Waals surface area contributed by atoms with Gasteiger partial charge in [0, 0.05) is 24.1 Å². The molecule has 1 aliphatic carbocycles. The number of hydrogen-bond donors (Lipinski definition) is 2. The van der Waals surface area contributed by atoms with Crippen LogP contribution in [0.2, 0.25) is 0 Å².